The molecule has 1 fully saturated rings. The van der Waals surface area contributed by atoms with E-state index in [1.807, 2.05) is 19.1 Å². The summed E-state index contributed by atoms with van der Waals surface area (Å²) >= 11 is 6.07. The van der Waals surface area contributed by atoms with E-state index in [9.17, 15) is 9.59 Å². The number of ether oxygens (including phenoxy) is 1. The van der Waals surface area contributed by atoms with Gasteiger partial charge in [0.15, 0.2) is 5.69 Å². The maximum Gasteiger partial charge on any atom is 0.306 e. The number of hydrogen-bond donors (Lipinski definition) is 1. The van der Waals surface area contributed by atoms with Crippen LogP contribution >= 0.6 is 11.6 Å². The standard InChI is InChI=1S/C18H21ClN4O4/c1-2-4-15-17(20-21-23(15)13-6-3-5-12(19)9-13)18(26)22-7-8-27-14(11-22)10-16(24)25/h3,5-6,9,14H,2,4,7-8,10-11H2,1H3,(H,24,25). The number of halogens is 1. The van der Waals surface area contributed by atoms with Gasteiger partial charge in [0.05, 0.1) is 30.5 Å². The zero-order valence-electron chi connectivity index (χ0n) is 15.0. The van der Waals surface area contributed by atoms with Crippen LogP contribution in [0.25, 0.3) is 5.69 Å². The first-order valence-electron chi connectivity index (χ1n) is 8.82. The molecule has 0 saturated carbocycles. The molecule has 9 heteroatoms. The molecule has 1 aromatic carbocycles. The summed E-state index contributed by atoms with van der Waals surface area (Å²) in [7, 11) is 0. The van der Waals surface area contributed by atoms with Crippen molar-refractivity contribution in [1.29, 1.82) is 0 Å². The number of amides is 1. The number of nitrogens with zero attached hydrogens (tertiary/aromatic N) is 4. The number of aromatic nitrogens is 3. The monoisotopic (exact) mass is 392 g/mol. The molecule has 1 aliphatic rings. The third-order valence-electron chi connectivity index (χ3n) is 4.33. The molecule has 1 N–H and O–H groups in total. The van der Waals surface area contributed by atoms with Crippen molar-refractivity contribution in [3.63, 3.8) is 0 Å². The molecular formula is C18H21ClN4O4. The zero-order chi connectivity index (χ0) is 19.4. The highest BCUT2D eigenvalue weighted by molar-refractivity contribution is 6.30. The molecule has 1 unspecified atom stereocenters. The largest absolute Gasteiger partial charge is 0.481 e. The van der Waals surface area contributed by atoms with Gasteiger partial charge in [-0.2, -0.15) is 0 Å². The Morgan fingerprint density at radius 3 is 2.93 bits per heavy atom. The maximum atomic E-state index is 13.0. The first-order valence-corrected chi connectivity index (χ1v) is 9.20. The lowest BCUT2D eigenvalue weighted by atomic mass is 10.1. The van der Waals surface area contributed by atoms with Crippen molar-refractivity contribution in [1.82, 2.24) is 19.9 Å². The average Bonchev–Trinajstić information content (AvgIpc) is 3.05. The van der Waals surface area contributed by atoms with Gasteiger partial charge < -0.3 is 14.7 Å². The Morgan fingerprint density at radius 1 is 1.41 bits per heavy atom. The van der Waals surface area contributed by atoms with Crippen molar-refractivity contribution < 1.29 is 19.4 Å². The molecule has 8 nitrogen and oxygen atoms in total. The van der Waals surface area contributed by atoms with E-state index in [2.05, 4.69) is 10.3 Å². The molecular weight excluding hydrogens is 372 g/mol. The van der Waals surface area contributed by atoms with Crippen LogP contribution < -0.4 is 0 Å². The molecule has 1 aromatic heterocycles. The smallest absolute Gasteiger partial charge is 0.306 e. The second-order valence-electron chi connectivity index (χ2n) is 6.37. The van der Waals surface area contributed by atoms with Crippen LogP contribution in [0.3, 0.4) is 0 Å². The fourth-order valence-electron chi connectivity index (χ4n) is 3.12. The van der Waals surface area contributed by atoms with Crippen LogP contribution in [0.2, 0.25) is 5.02 Å². The van der Waals surface area contributed by atoms with E-state index in [-0.39, 0.29) is 24.6 Å². The van der Waals surface area contributed by atoms with Crippen LogP contribution in [0.15, 0.2) is 24.3 Å². The van der Waals surface area contributed by atoms with E-state index < -0.39 is 12.1 Å². The highest BCUT2D eigenvalue weighted by Crippen LogP contribution is 2.20. The molecule has 1 atom stereocenters. The van der Waals surface area contributed by atoms with Gasteiger partial charge in [0.1, 0.15) is 0 Å². The first kappa shape index (κ1) is 19.3. The summed E-state index contributed by atoms with van der Waals surface area (Å²) in [5.41, 5.74) is 1.74. The summed E-state index contributed by atoms with van der Waals surface area (Å²) in [5.74, 6) is -1.21. The van der Waals surface area contributed by atoms with Gasteiger partial charge in [-0.05, 0) is 24.6 Å². The Kier molecular flexibility index (Phi) is 6.08. The predicted molar refractivity (Wildman–Crippen MR) is 98.3 cm³/mol. The number of morpholine rings is 1. The van der Waals surface area contributed by atoms with Gasteiger partial charge in [-0.3, -0.25) is 9.59 Å². The molecule has 144 valence electrons. The van der Waals surface area contributed by atoms with E-state index in [1.54, 1.807) is 21.7 Å². The van der Waals surface area contributed by atoms with Crippen molar-refractivity contribution in [2.24, 2.45) is 0 Å². The first-order chi connectivity index (χ1) is 13.0. The molecule has 27 heavy (non-hydrogen) atoms. The molecule has 1 aliphatic heterocycles. The van der Waals surface area contributed by atoms with Crippen LogP contribution in [0.1, 0.15) is 35.9 Å². The number of carbonyl (C=O) groups excluding carboxylic acids is 1. The van der Waals surface area contributed by atoms with Crippen molar-refractivity contribution in [3.8, 4) is 5.69 Å². The number of aliphatic carboxylic acids is 1. The molecule has 0 radical (unpaired) electrons. The van der Waals surface area contributed by atoms with Crippen LogP contribution in [-0.4, -0.2) is 62.7 Å². The molecule has 1 saturated heterocycles. The summed E-state index contributed by atoms with van der Waals surface area (Å²) in [4.78, 5) is 25.5. The molecule has 2 aromatic rings. The minimum atomic E-state index is -0.951. The van der Waals surface area contributed by atoms with Crippen LogP contribution in [0.5, 0.6) is 0 Å². The van der Waals surface area contributed by atoms with Gasteiger partial charge in [0, 0.05) is 18.1 Å². The predicted octanol–water partition coefficient (Wildman–Crippen LogP) is 2.19. The highest BCUT2D eigenvalue weighted by Gasteiger charge is 2.30. The van der Waals surface area contributed by atoms with Crippen molar-refractivity contribution in [3.05, 3.63) is 40.7 Å². The van der Waals surface area contributed by atoms with Crippen LogP contribution in [-0.2, 0) is 16.0 Å². The Morgan fingerprint density at radius 2 is 2.22 bits per heavy atom. The van der Waals surface area contributed by atoms with E-state index in [4.69, 9.17) is 21.4 Å². The van der Waals surface area contributed by atoms with Gasteiger partial charge >= 0.3 is 5.97 Å². The van der Waals surface area contributed by atoms with Gasteiger partial charge in [-0.15, -0.1) is 5.10 Å². The summed E-state index contributed by atoms with van der Waals surface area (Å²) in [6, 6.07) is 7.20. The van der Waals surface area contributed by atoms with Gasteiger partial charge in [0.25, 0.3) is 5.91 Å². The van der Waals surface area contributed by atoms with Crippen LogP contribution in [0, 0.1) is 0 Å². The van der Waals surface area contributed by atoms with E-state index in [0.717, 1.165) is 12.1 Å². The molecule has 0 aliphatic carbocycles. The fourth-order valence-corrected chi connectivity index (χ4v) is 3.30. The van der Waals surface area contributed by atoms with Crippen molar-refractivity contribution >= 4 is 23.5 Å². The Hall–Kier alpha value is -2.45. The lowest BCUT2D eigenvalue weighted by molar-refractivity contribution is -0.141. The van der Waals surface area contributed by atoms with E-state index >= 15 is 0 Å². The maximum absolute atomic E-state index is 13.0. The number of benzene rings is 1. The normalized spacial score (nSPS) is 17.1. The number of carbonyl (C=O) groups is 2. The summed E-state index contributed by atoms with van der Waals surface area (Å²) in [5, 5.41) is 17.8. The fraction of sp³-hybridized carbons (Fsp3) is 0.444. The second-order valence-corrected chi connectivity index (χ2v) is 6.80. The third-order valence-corrected chi connectivity index (χ3v) is 4.57. The van der Waals surface area contributed by atoms with Crippen LogP contribution in [0.4, 0.5) is 0 Å². The Labute approximate surface area is 161 Å². The number of carboxylic acid groups (broad SMARTS) is 1. The Balaban J connectivity index is 1.87. The van der Waals surface area contributed by atoms with Crippen molar-refractivity contribution in [2.75, 3.05) is 19.7 Å². The molecule has 1 amide bonds. The quantitative estimate of drug-likeness (QED) is 0.809. The Bertz CT molecular complexity index is 839. The SMILES string of the molecule is CCCc1c(C(=O)N2CCOC(CC(=O)O)C2)nnn1-c1cccc(Cl)c1. The summed E-state index contributed by atoms with van der Waals surface area (Å²) in [6.45, 7) is 2.93. The zero-order valence-corrected chi connectivity index (χ0v) is 15.7. The topological polar surface area (TPSA) is 97.6 Å². The number of rotatable bonds is 6. The summed E-state index contributed by atoms with van der Waals surface area (Å²) in [6.07, 6.45) is 0.793. The molecule has 0 spiro atoms. The van der Waals surface area contributed by atoms with E-state index in [0.29, 0.717) is 30.3 Å². The lowest BCUT2D eigenvalue weighted by Gasteiger charge is -2.32. The lowest BCUT2D eigenvalue weighted by Crippen LogP contribution is -2.46. The van der Waals surface area contributed by atoms with Gasteiger partial charge in [-0.1, -0.05) is 36.2 Å². The number of carboxylic acids is 1. The van der Waals surface area contributed by atoms with Gasteiger partial charge in [0.2, 0.25) is 0 Å². The molecule has 0 bridgehead atoms. The van der Waals surface area contributed by atoms with Gasteiger partial charge in [-0.25, -0.2) is 4.68 Å². The third kappa shape index (κ3) is 4.45. The minimum absolute atomic E-state index is 0.138. The average molecular weight is 393 g/mol. The second kappa shape index (κ2) is 8.49. The van der Waals surface area contributed by atoms with E-state index in [1.165, 1.54) is 0 Å². The minimum Gasteiger partial charge on any atom is -0.481 e. The number of hydrogen-bond acceptors (Lipinski definition) is 5. The highest BCUT2D eigenvalue weighted by atomic mass is 35.5. The molecule has 3 rings (SSSR count). The van der Waals surface area contributed by atoms with Crippen molar-refractivity contribution in [2.45, 2.75) is 32.3 Å². The summed E-state index contributed by atoms with van der Waals surface area (Å²) < 4.78 is 7.08. The molecule has 2 heterocycles.